The van der Waals surface area contributed by atoms with Crippen molar-refractivity contribution in [2.45, 2.75) is 6.54 Å². The molecule has 0 unspecified atom stereocenters. The maximum absolute atomic E-state index is 4.39. The first-order valence-electron chi connectivity index (χ1n) is 6.08. The molecule has 0 fully saturated rings. The fourth-order valence-corrected chi connectivity index (χ4v) is 2.74. The van der Waals surface area contributed by atoms with Gasteiger partial charge in [-0.1, -0.05) is 0 Å². The Labute approximate surface area is 124 Å². The van der Waals surface area contributed by atoms with Gasteiger partial charge < -0.3 is 9.47 Å². The van der Waals surface area contributed by atoms with Crippen LogP contribution < -0.4 is 4.90 Å². The van der Waals surface area contributed by atoms with Crippen LogP contribution in [0.1, 0.15) is 5.82 Å². The van der Waals surface area contributed by atoms with Gasteiger partial charge in [-0.3, -0.25) is 0 Å². The number of hydrogen-bond acceptors (Lipinski definition) is 5. The third-order valence-corrected chi connectivity index (χ3v) is 3.77. The Bertz CT molecular complexity index is 760. The van der Waals surface area contributed by atoms with Gasteiger partial charge in [0.15, 0.2) is 5.65 Å². The van der Waals surface area contributed by atoms with Crippen molar-refractivity contribution in [1.82, 2.24) is 29.3 Å². The number of halogens is 1. The molecule has 7 nitrogen and oxygen atoms in total. The Morgan fingerprint density at radius 3 is 2.75 bits per heavy atom. The molecule has 0 spiro atoms. The third-order valence-electron chi connectivity index (χ3n) is 3.22. The zero-order valence-electron chi connectivity index (χ0n) is 11.4. The second-order valence-corrected chi connectivity index (χ2v) is 5.37. The van der Waals surface area contributed by atoms with Gasteiger partial charge in [-0.25, -0.2) is 19.6 Å². The first-order chi connectivity index (χ1) is 9.58. The Morgan fingerprint density at radius 2 is 2.05 bits per heavy atom. The van der Waals surface area contributed by atoms with Gasteiger partial charge in [0.1, 0.15) is 22.6 Å². The van der Waals surface area contributed by atoms with E-state index < -0.39 is 0 Å². The SMILES string of the molecule is CN(Cc1nccn1C)c1ncnc2c1c(Br)nn2C. The van der Waals surface area contributed by atoms with E-state index in [9.17, 15) is 0 Å². The lowest BCUT2D eigenvalue weighted by molar-refractivity contribution is 0.756. The highest BCUT2D eigenvalue weighted by atomic mass is 79.9. The Morgan fingerprint density at radius 1 is 1.25 bits per heavy atom. The van der Waals surface area contributed by atoms with Crippen molar-refractivity contribution in [1.29, 1.82) is 0 Å². The fourth-order valence-electron chi connectivity index (χ4n) is 2.15. The van der Waals surface area contributed by atoms with Gasteiger partial charge in [-0.05, 0) is 15.9 Å². The van der Waals surface area contributed by atoms with E-state index in [2.05, 4.69) is 36.0 Å². The summed E-state index contributed by atoms with van der Waals surface area (Å²) in [6, 6.07) is 0. The molecule has 0 aliphatic rings. The molecule has 0 N–H and O–H groups in total. The van der Waals surface area contributed by atoms with E-state index in [-0.39, 0.29) is 0 Å². The molecule has 0 atom stereocenters. The summed E-state index contributed by atoms with van der Waals surface area (Å²) in [5.41, 5.74) is 0.800. The van der Waals surface area contributed by atoms with Gasteiger partial charge in [0.25, 0.3) is 0 Å². The van der Waals surface area contributed by atoms with Crippen molar-refractivity contribution in [3.05, 3.63) is 29.1 Å². The lowest BCUT2D eigenvalue weighted by atomic mass is 10.3. The maximum Gasteiger partial charge on any atom is 0.164 e. The lowest BCUT2D eigenvalue weighted by Crippen LogP contribution is -2.20. The summed E-state index contributed by atoms with van der Waals surface area (Å²) in [6.07, 6.45) is 5.28. The highest BCUT2D eigenvalue weighted by Crippen LogP contribution is 2.29. The zero-order chi connectivity index (χ0) is 14.3. The monoisotopic (exact) mass is 335 g/mol. The van der Waals surface area contributed by atoms with Crippen LogP contribution in [0.4, 0.5) is 5.82 Å². The third kappa shape index (κ3) is 2.05. The van der Waals surface area contributed by atoms with Crippen LogP contribution in [0.5, 0.6) is 0 Å². The minimum Gasteiger partial charge on any atom is -0.351 e. The summed E-state index contributed by atoms with van der Waals surface area (Å²) in [6.45, 7) is 0.664. The molecule has 0 saturated carbocycles. The van der Waals surface area contributed by atoms with Crippen molar-refractivity contribution in [2.75, 3.05) is 11.9 Å². The average molecular weight is 336 g/mol. The minimum absolute atomic E-state index is 0.664. The number of aryl methyl sites for hydroxylation is 2. The zero-order valence-corrected chi connectivity index (χ0v) is 13.0. The average Bonchev–Trinajstić information content (AvgIpc) is 2.95. The topological polar surface area (TPSA) is 64.7 Å². The molecular formula is C12H14BrN7. The van der Waals surface area contributed by atoms with Crippen LogP contribution in [0.2, 0.25) is 0 Å². The molecule has 0 amide bonds. The second-order valence-electron chi connectivity index (χ2n) is 4.62. The summed E-state index contributed by atoms with van der Waals surface area (Å²) >= 11 is 3.47. The molecular weight excluding hydrogens is 322 g/mol. The molecule has 3 rings (SSSR count). The van der Waals surface area contributed by atoms with Crippen LogP contribution >= 0.6 is 15.9 Å². The molecule has 3 heterocycles. The van der Waals surface area contributed by atoms with Gasteiger partial charge in [-0.2, -0.15) is 5.10 Å². The maximum atomic E-state index is 4.39. The van der Waals surface area contributed by atoms with Crippen LogP contribution in [0.3, 0.4) is 0 Å². The van der Waals surface area contributed by atoms with Crippen LogP contribution in [0.25, 0.3) is 11.0 Å². The molecule has 0 aromatic carbocycles. The summed E-state index contributed by atoms with van der Waals surface area (Å²) in [4.78, 5) is 15.0. The molecule has 20 heavy (non-hydrogen) atoms. The number of rotatable bonds is 3. The summed E-state index contributed by atoms with van der Waals surface area (Å²) in [7, 11) is 5.82. The van der Waals surface area contributed by atoms with Crippen molar-refractivity contribution in [3.8, 4) is 0 Å². The van der Waals surface area contributed by atoms with Crippen molar-refractivity contribution in [3.63, 3.8) is 0 Å². The van der Waals surface area contributed by atoms with E-state index in [1.807, 2.05) is 36.8 Å². The van der Waals surface area contributed by atoms with E-state index in [0.29, 0.717) is 6.54 Å². The molecule has 0 radical (unpaired) electrons. The fraction of sp³-hybridized carbons (Fsp3) is 0.333. The highest BCUT2D eigenvalue weighted by molar-refractivity contribution is 9.10. The molecule has 0 bridgehead atoms. The lowest BCUT2D eigenvalue weighted by Gasteiger charge is -2.18. The van der Waals surface area contributed by atoms with Gasteiger partial charge in [0, 0.05) is 33.5 Å². The van der Waals surface area contributed by atoms with E-state index >= 15 is 0 Å². The largest absolute Gasteiger partial charge is 0.351 e. The number of fused-ring (bicyclic) bond motifs is 1. The van der Waals surface area contributed by atoms with Crippen LogP contribution in [-0.4, -0.2) is 36.3 Å². The van der Waals surface area contributed by atoms with Crippen LogP contribution in [0.15, 0.2) is 23.3 Å². The first kappa shape index (κ1) is 13.0. The number of hydrogen-bond donors (Lipinski definition) is 0. The summed E-state index contributed by atoms with van der Waals surface area (Å²) in [5.74, 6) is 1.80. The normalized spacial score (nSPS) is 11.2. The molecule has 3 aromatic rings. The van der Waals surface area contributed by atoms with Crippen molar-refractivity contribution in [2.24, 2.45) is 14.1 Å². The van der Waals surface area contributed by atoms with Gasteiger partial charge in [-0.15, -0.1) is 0 Å². The predicted octanol–water partition coefficient (Wildman–Crippen LogP) is 1.50. The number of imidazole rings is 1. The summed E-state index contributed by atoms with van der Waals surface area (Å²) < 4.78 is 4.48. The summed E-state index contributed by atoms with van der Waals surface area (Å²) in [5, 5.41) is 5.24. The highest BCUT2D eigenvalue weighted by Gasteiger charge is 2.17. The van der Waals surface area contributed by atoms with E-state index in [1.165, 1.54) is 0 Å². The van der Waals surface area contributed by atoms with E-state index in [1.54, 1.807) is 17.2 Å². The predicted molar refractivity (Wildman–Crippen MR) is 79.3 cm³/mol. The number of aromatic nitrogens is 6. The molecule has 0 aliphatic heterocycles. The molecule has 104 valence electrons. The van der Waals surface area contributed by atoms with E-state index in [0.717, 1.165) is 27.3 Å². The quantitative estimate of drug-likeness (QED) is 0.725. The molecule has 3 aromatic heterocycles. The molecule has 0 aliphatic carbocycles. The van der Waals surface area contributed by atoms with Gasteiger partial charge in [0.2, 0.25) is 0 Å². The Balaban J connectivity index is 2.03. The molecule has 0 saturated heterocycles. The van der Waals surface area contributed by atoms with Crippen LogP contribution in [-0.2, 0) is 20.6 Å². The standard InChI is InChI=1S/C12H14BrN7/c1-18-5-4-14-8(18)6-19(2)11-9-10(13)17-20(3)12(9)16-7-15-11/h4-5,7H,6H2,1-3H3. The number of anilines is 1. The second kappa shape index (κ2) is 4.86. The smallest absolute Gasteiger partial charge is 0.164 e. The number of nitrogens with zero attached hydrogens (tertiary/aromatic N) is 7. The Hall–Kier alpha value is -1.96. The first-order valence-corrected chi connectivity index (χ1v) is 6.87. The van der Waals surface area contributed by atoms with Crippen molar-refractivity contribution >= 4 is 32.8 Å². The molecule has 8 heteroatoms. The van der Waals surface area contributed by atoms with Crippen LogP contribution in [0, 0.1) is 0 Å². The van der Waals surface area contributed by atoms with Gasteiger partial charge in [0.05, 0.1) is 11.9 Å². The minimum atomic E-state index is 0.664. The van der Waals surface area contributed by atoms with Gasteiger partial charge >= 0.3 is 0 Å². The van der Waals surface area contributed by atoms with Crippen molar-refractivity contribution < 1.29 is 0 Å². The van der Waals surface area contributed by atoms with E-state index in [4.69, 9.17) is 0 Å². The Kier molecular flexibility index (Phi) is 3.17.